The van der Waals surface area contributed by atoms with Gasteiger partial charge < -0.3 is 10.6 Å². The van der Waals surface area contributed by atoms with Crippen LogP contribution in [0.1, 0.15) is 19.3 Å². The van der Waals surface area contributed by atoms with E-state index in [0.717, 1.165) is 24.4 Å². The van der Waals surface area contributed by atoms with Gasteiger partial charge in [-0.1, -0.05) is 0 Å². The smallest absolute Gasteiger partial charge is 0.0148 e. The Kier molecular flexibility index (Phi) is 2.71. The summed E-state index contributed by atoms with van der Waals surface area (Å²) in [7, 11) is 0. The van der Waals surface area contributed by atoms with E-state index in [1.807, 2.05) is 0 Å². The summed E-state index contributed by atoms with van der Waals surface area (Å²) in [6, 6.07) is 0.889. The van der Waals surface area contributed by atoms with Crippen molar-refractivity contribution in [3.05, 3.63) is 0 Å². The summed E-state index contributed by atoms with van der Waals surface area (Å²) in [5, 5.41) is 0. The first-order valence-electron chi connectivity index (χ1n) is 6.53. The van der Waals surface area contributed by atoms with Gasteiger partial charge in [-0.15, -0.1) is 0 Å². The number of rotatable bonds is 2. The number of nitrogens with two attached hydrogens (primary N) is 1. The van der Waals surface area contributed by atoms with Crippen LogP contribution in [0.25, 0.3) is 0 Å². The fourth-order valence-electron chi connectivity index (χ4n) is 3.77. The SMILES string of the molecule is NCC1CCN(C2CCN3CCC2C3)C1. The van der Waals surface area contributed by atoms with Crippen molar-refractivity contribution < 1.29 is 0 Å². The van der Waals surface area contributed by atoms with Crippen molar-refractivity contribution in [2.45, 2.75) is 25.3 Å². The molecule has 15 heavy (non-hydrogen) atoms. The molecule has 0 aromatic rings. The van der Waals surface area contributed by atoms with Gasteiger partial charge in [0.15, 0.2) is 0 Å². The molecule has 3 rings (SSSR count). The molecule has 2 bridgehead atoms. The van der Waals surface area contributed by atoms with Crippen LogP contribution >= 0.6 is 0 Å². The lowest BCUT2D eigenvalue weighted by molar-refractivity contribution is 0.118. The summed E-state index contributed by atoms with van der Waals surface area (Å²) < 4.78 is 0. The molecule has 0 spiro atoms. The van der Waals surface area contributed by atoms with Crippen molar-refractivity contribution in [3.8, 4) is 0 Å². The van der Waals surface area contributed by atoms with E-state index in [1.54, 1.807) is 0 Å². The molecule has 0 amide bonds. The third kappa shape index (κ3) is 1.81. The van der Waals surface area contributed by atoms with E-state index >= 15 is 0 Å². The highest BCUT2D eigenvalue weighted by molar-refractivity contribution is 4.94. The van der Waals surface area contributed by atoms with Crippen LogP contribution in [-0.2, 0) is 0 Å². The first-order chi connectivity index (χ1) is 7.36. The van der Waals surface area contributed by atoms with Crippen LogP contribution in [0.4, 0.5) is 0 Å². The van der Waals surface area contributed by atoms with E-state index in [0.29, 0.717) is 0 Å². The Balaban J connectivity index is 1.62. The Morgan fingerprint density at radius 2 is 1.87 bits per heavy atom. The highest BCUT2D eigenvalue weighted by atomic mass is 15.2. The van der Waals surface area contributed by atoms with E-state index in [2.05, 4.69) is 9.80 Å². The summed E-state index contributed by atoms with van der Waals surface area (Å²) >= 11 is 0. The summed E-state index contributed by atoms with van der Waals surface area (Å²) in [5.41, 5.74) is 5.77. The van der Waals surface area contributed by atoms with Gasteiger partial charge in [0.2, 0.25) is 0 Å². The number of likely N-dealkylation sites (tertiary alicyclic amines) is 1. The zero-order valence-corrected chi connectivity index (χ0v) is 9.57. The van der Waals surface area contributed by atoms with Gasteiger partial charge in [-0.2, -0.15) is 0 Å². The zero-order chi connectivity index (χ0) is 10.3. The van der Waals surface area contributed by atoms with Gasteiger partial charge in [0.05, 0.1) is 0 Å². The topological polar surface area (TPSA) is 32.5 Å². The number of nitrogens with zero attached hydrogens (tertiary/aromatic N) is 2. The van der Waals surface area contributed by atoms with Crippen molar-refractivity contribution in [2.75, 3.05) is 39.3 Å². The molecule has 3 heteroatoms. The fraction of sp³-hybridized carbons (Fsp3) is 1.00. The molecular weight excluding hydrogens is 186 g/mol. The fourth-order valence-corrected chi connectivity index (χ4v) is 3.77. The molecule has 3 saturated heterocycles. The number of piperidine rings is 1. The minimum absolute atomic E-state index is 0.782. The second kappa shape index (κ2) is 4.04. The van der Waals surface area contributed by atoms with Gasteiger partial charge in [0, 0.05) is 19.1 Å². The Labute approximate surface area is 92.6 Å². The van der Waals surface area contributed by atoms with Crippen LogP contribution in [0.2, 0.25) is 0 Å². The van der Waals surface area contributed by atoms with E-state index in [4.69, 9.17) is 5.73 Å². The van der Waals surface area contributed by atoms with Crippen LogP contribution in [-0.4, -0.2) is 55.1 Å². The Morgan fingerprint density at radius 3 is 2.67 bits per heavy atom. The molecule has 4 atom stereocenters. The maximum absolute atomic E-state index is 5.77. The summed E-state index contributed by atoms with van der Waals surface area (Å²) in [4.78, 5) is 5.38. The first kappa shape index (κ1) is 10.1. The molecule has 0 aliphatic carbocycles. The molecule has 0 aromatic carbocycles. The standard InChI is InChI=1S/C12H23N3/c13-7-10-1-6-15(8-10)12-3-5-14-4-2-11(12)9-14/h10-12H,1-9,13H2. The highest BCUT2D eigenvalue weighted by Crippen LogP contribution is 2.33. The number of hydrogen-bond donors (Lipinski definition) is 1. The van der Waals surface area contributed by atoms with Gasteiger partial charge >= 0.3 is 0 Å². The average Bonchev–Trinajstić information content (AvgIpc) is 2.87. The van der Waals surface area contributed by atoms with Crippen molar-refractivity contribution in [2.24, 2.45) is 17.6 Å². The quantitative estimate of drug-likeness (QED) is 0.713. The second-order valence-corrected chi connectivity index (χ2v) is 5.59. The zero-order valence-electron chi connectivity index (χ0n) is 9.57. The third-order valence-electron chi connectivity index (χ3n) is 4.71. The molecule has 3 heterocycles. The van der Waals surface area contributed by atoms with Crippen LogP contribution in [0, 0.1) is 11.8 Å². The molecule has 3 aliphatic rings. The van der Waals surface area contributed by atoms with Crippen molar-refractivity contribution in [1.29, 1.82) is 0 Å². The van der Waals surface area contributed by atoms with Crippen LogP contribution < -0.4 is 5.73 Å². The van der Waals surface area contributed by atoms with E-state index in [1.165, 1.54) is 52.0 Å². The lowest BCUT2D eigenvalue weighted by atomic mass is 9.93. The van der Waals surface area contributed by atoms with Gasteiger partial charge in [-0.3, -0.25) is 4.90 Å². The van der Waals surface area contributed by atoms with Gasteiger partial charge in [-0.25, -0.2) is 0 Å². The summed E-state index contributed by atoms with van der Waals surface area (Å²) in [6.45, 7) is 7.54. The predicted molar refractivity (Wildman–Crippen MR) is 61.7 cm³/mol. The minimum Gasteiger partial charge on any atom is -0.330 e. The maximum Gasteiger partial charge on any atom is 0.0148 e. The van der Waals surface area contributed by atoms with Crippen LogP contribution in [0.15, 0.2) is 0 Å². The van der Waals surface area contributed by atoms with Crippen LogP contribution in [0.5, 0.6) is 0 Å². The molecule has 3 nitrogen and oxygen atoms in total. The molecule has 0 aromatic heterocycles. The molecule has 0 saturated carbocycles. The monoisotopic (exact) mass is 209 g/mol. The molecule has 86 valence electrons. The average molecular weight is 209 g/mol. The number of hydrogen-bond acceptors (Lipinski definition) is 3. The lowest BCUT2D eigenvalue weighted by Crippen LogP contribution is -2.45. The Hall–Kier alpha value is -0.120. The lowest BCUT2D eigenvalue weighted by Gasteiger charge is -2.37. The molecular formula is C12H23N3. The summed E-state index contributed by atoms with van der Waals surface area (Å²) in [5.74, 6) is 1.75. The van der Waals surface area contributed by atoms with E-state index in [9.17, 15) is 0 Å². The van der Waals surface area contributed by atoms with Gasteiger partial charge in [0.25, 0.3) is 0 Å². The largest absolute Gasteiger partial charge is 0.330 e. The molecule has 0 radical (unpaired) electrons. The van der Waals surface area contributed by atoms with Crippen molar-refractivity contribution in [1.82, 2.24) is 9.80 Å². The van der Waals surface area contributed by atoms with E-state index < -0.39 is 0 Å². The van der Waals surface area contributed by atoms with Gasteiger partial charge in [0.1, 0.15) is 0 Å². The van der Waals surface area contributed by atoms with Crippen molar-refractivity contribution in [3.63, 3.8) is 0 Å². The third-order valence-corrected chi connectivity index (χ3v) is 4.71. The van der Waals surface area contributed by atoms with Crippen molar-refractivity contribution >= 4 is 0 Å². The Morgan fingerprint density at radius 1 is 1.00 bits per heavy atom. The Bertz CT molecular complexity index is 231. The summed E-state index contributed by atoms with van der Waals surface area (Å²) in [6.07, 6.45) is 4.18. The minimum atomic E-state index is 0.782. The van der Waals surface area contributed by atoms with E-state index in [-0.39, 0.29) is 0 Å². The molecule has 3 aliphatic heterocycles. The molecule has 3 fully saturated rings. The van der Waals surface area contributed by atoms with Gasteiger partial charge in [-0.05, 0) is 57.3 Å². The normalized spacial score (nSPS) is 46.2. The second-order valence-electron chi connectivity index (χ2n) is 5.59. The molecule has 2 N–H and O–H groups in total. The first-order valence-corrected chi connectivity index (χ1v) is 6.53. The number of fused-ring (bicyclic) bond motifs is 2. The molecule has 4 unspecified atom stereocenters. The highest BCUT2D eigenvalue weighted by Gasteiger charge is 2.39. The predicted octanol–water partition coefficient (Wildman–Crippen LogP) is 0.361. The van der Waals surface area contributed by atoms with Crippen LogP contribution in [0.3, 0.4) is 0 Å². The maximum atomic E-state index is 5.77.